The second-order valence-corrected chi connectivity index (χ2v) is 7.14. The number of para-hydroxylation sites is 1. The van der Waals surface area contributed by atoms with Crippen LogP contribution in [0.15, 0.2) is 72.3 Å². The van der Waals surface area contributed by atoms with Gasteiger partial charge in [0.2, 0.25) is 0 Å². The molecule has 0 spiro atoms. The van der Waals surface area contributed by atoms with Gasteiger partial charge in [0.05, 0.1) is 7.11 Å². The number of carbonyl (C=O) groups is 1. The Morgan fingerprint density at radius 1 is 1.10 bits per heavy atom. The van der Waals surface area contributed by atoms with Gasteiger partial charge in [0.1, 0.15) is 18.2 Å². The molecule has 0 fully saturated rings. The molecule has 0 heterocycles. The normalized spacial score (nSPS) is 10.8. The van der Waals surface area contributed by atoms with Crippen molar-refractivity contribution in [2.75, 3.05) is 12.4 Å². The number of methoxy groups -OCH3 is 1. The maximum absolute atomic E-state index is 12.5. The summed E-state index contributed by atoms with van der Waals surface area (Å²) in [6, 6.07) is 22.0. The molecule has 1 amide bonds. The van der Waals surface area contributed by atoms with Crippen LogP contribution in [0.1, 0.15) is 16.7 Å². The fourth-order valence-electron chi connectivity index (χ4n) is 2.88. The Hall–Kier alpha value is -3.75. The predicted octanol–water partition coefficient (Wildman–Crippen LogP) is 5.78. The first-order valence-corrected chi connectivity index (χ1v) is 9.92. The highest BCUT2D eigenvalue weighted by Crippen LogP contribution is 2.30. The quantitative estimate of drug-likeness (QED) is 0.379. The molecule has 0 aromatic heterocycles. The zero-order chi connectivity index (χ0) is 22.2. The van der Waals surface area contributed by atoms with Crippen molar-refractivity contribution in [1.29, 1.82) is 5.26 Å². The molecule has 31 heavy (non-hydrogen) atoms. The van der Waals surface area contributed by atoms with Gasteiger partial charge in [-0.3, -0.25) is 4.79 Å². The summed E-state index contributed by atoms with van der Waals surface area (Å²) in [6.45, 7) is 2.17. The van der Waals surface area contributed by atoms with Crippen LogP contribution in [0, 0.1) is 18.3 Å². The highest BCUT2D eigenvalue weighted by molar-refractivity contribution is 6.31. The molecule has 0 bridgehead atoms. The van der Waals surface area contributed by atoms with E-state index in [1.807, 2.05) is 49.4 Å². The molecule has 3 aromatic rings. The van der Waals surface area contributed by atoms with Crippen LogP contribution in [0.5, 0.6) is 11.5 Å². The molecular weight excluding hydrogens is 412 g/mol. The molecule has 0 saturated carbocycles. The minimum atomic E-state index is -0.477. The summed E-state index contributed by atoms with van der Waals surface area (Å²) >= 11 is 6.17. The number of ether oxygens (including phenoxy) is 2. The SMILES string of the molecule is COc1cc(C=C(C#N)C(=O)Nc2ccccc2C)ccc1OCc1ccccc1Cl. The van der Waals surface area contributed by atoms with E-state index in [2.05, 4.69) is 5.32 Å². The summed E-state index contributed by atoms with van der Waals surface area (Å²) in [5.41, 5.74) is 3.05. The lowest BCUT2D eigenvalue weighted by atomic mass is 10.1. The van der Waals surface area contributed by atoms with Crippen LogP contribution in [-0.2, 0) is 11.4 Å². The smallest absolute Gasteiger partial charge is 0.266 e. The van der Waals surface area contributed by atoms with E-state index in [0.717, 1.165) is 11.1 Å². The highest BCUT2D eigenvalue weighted by Gasteiger charge is 2.12. The number of nitriles is 1. The molecular formula is C25H21ClN2O3. The van der Waals surface area contributed by atoms with Gasteiger partial charge in [-0.15, -0.1) is 0 Å². The van der Waals surface area contributed by atoms with Crippen LogP contribution >= 0.6 is 11.6 Å². The number of hydrogen-bond acceptors (Lipinski definition) is 4. The number of nitrogens with zero attached hydrogens (tertiary/aromatic N) is 1. The molecule has 0 aliphatic rings. The lowest BCUT2D eigenvalue weighted by molar-refractivity contribution is -0.112. The standard InChI is InChI=1S/C25H21ClN2O3/c1-17-7-3-6-10-22(17)28-25(29)20(15-27)13-18-11-12-23(24(14-18)30-2)31-16-19-8-4-5-9-21(19)26/h3-14H,16H2,1-2H3,(H,28,29). The van der Waals surface area contributed by atoms with E-state index in [-0.39, 0.29) is 12.2 Å². The van der Waals surface area contributed by atoms with Gasteiger partial charge in [0, 0.05) is 16.3 Å². The first-order chi connectivity index (χ1) is 15.0. The number of nitrogens with one attached hydrogen (secondary N) is 1. The Balaban J connectivity index is 1.77. The van der Waals surface area contributed by atoms with Crippen molar-refractivity contribution in [2.24, 2.45) is 0 Å². The number of amides is 1. The van der Waals surface area contributed by atoms with E-state index >= 15 is 0 Å². The Bertz CT molecular complexity index is 1170. The van der Waals surface area contributed by atoms with Crippen molar-refractivity contribution in [1.82, 2.24) is 0 Å². The Kier molecular flexibility index (Phi) is 7.31. The van der Waals surface area contributed by atoms with E-state index in [4.69, 9.17) is 21.1 Å². The topological polar surface area (TPSA) is 71.3 Å². The van der Waals surface area contributed by atoms with Gasteiger partial charge in [-0.25, -0.2) is 0 Å². The Morgan fingerprint density at radius 3 is 2.55 bits per heavy atom. The van der Waals surface area contributed by atoms with E-state index in [9.17, 15) is 10.1 Å². The van der Waals surface area contributed by atoms with Crippen molar-refractivity contribution < 1.29 is 14.3 Å². The van der Waals surface area contributed by atoms with Crippen molar-refractivity contribution >= 4 is 29.3 Å². The van der Waals surface area contributed by atoms with Crippen molar-refractivity contribution in [3.05, 3.63) is 94.0 Å². The number of benzene rings is 3. The Morgan fingerprint density at radius 2 is 1.84 bits per heavy atom. The molecule has 5 nitrogen and oxygen atoms in total. The maximum atomic E-state index is 12.5. The highest BCUT2D eigenvalue weighted by atomic mass is 35.5. The molecule has 1 N–H and O–H groups in total. The van der Waals surface area contributed by atoms with Crippen molar-refractivity contribution in [2.45, 2.75) is 13.5 Å². The first kappa shape index (κ1) is 21.9. The molecule has 3 rings (SSSR count). The molecule has 0 atom stereocenters. The lowest BCUT2D eigenvalue weighted by Gasteiger charge is -2.12. The second-order valence-electron chi connectivity index (χ2n) is 6.73. The third-order valence-corrected chi connectivity index (χ3v) is 4.97. The average Bonchev–Trinajstić information content (AvgIpc) is 2.78. The van der Waals surface area contributed by atoms with Gasteiger partial charge in [-0.05, 0) is 48.4 Å². The first-order valence-electron chi connectivity index (χ1n) is 9.55. The van der Waals surface area contributed by atoms with E-state index in [1.165, 1.54) is 13.2 Å². The molecule has 3 aromatic carbocycles. The lowest BCUT2D eigenvalue weighted by Crippen LogP contribution is -2.14. The fraction of sp³-hybridized carbons (Fsp3) is 0.120. The van der Waals surface area contributed by atoms with Gasteiger partial charge < -0.3 is 14.8 Å². The van der Waals surface area contributed by atoms with Crippen molar-refractivity contribution in [3.63, 3.8) is 0 Å². The van der Waals surface area contributed by atoms with Crippen LogP contribution in [-0.4, -0.2) is 13.0 Å². The van der Waals surface area contributed by atoms with E-state index in [0.29, 0.717) is 27.8 Å². The summed E-state index contributed by atoms with van der Waals surface area (Å²) in [6.07, 6.45) is 1.51. The number of rotatable bonds is 7. The number of halogens is 1. The van der Waals surface area contributed by atoms with Gasteiger partial charge >= 0.3 is 0 Å². The second kappa shape index (κ2) is 10.3. The molecule has 156 valence electrons. The maximum Gasteiger partial charge on any atom is 0.266 e. The third-order valence-electron chi connectivity index (χ3n) is 4.60. The molecule has 0 radical (unpaired) electrons. The van der Waals surface area contributed by atoms with Crippen LogP contribution in [0.3, 0.4) is 0 Å². The zero-order valence-electron chi connectivity index (χ0n) is 17.2. The minimum absolute atomic E-state index is 0.0185. The van der Waals surface area contributed by atoms with Crippen LogP contribution in [0.2, 0.25) is 5.02 Å². The summed E-state index contributed by atoms with van der Waals surface area (Å²) < 4.78 is 11.3. The largest absolute Gasteiger partial charge is 0.493 e. The number of carbonyl (C=O) groups excluding carboxylic acids is 1. The molecule has 6 heteroatoms. The summed E-state index contributed by atoms with van der Waals surface area (Å²) in [5.74, 6) is 0.537. The van der Waals surface area contributed by atoms with Gasteiger partial charge in [-0.1, -0.05) is 54.1 Å². The molecule has 0 aliphatic carbocycles. The van der Waals surface area contributed by atoms with Gasteiger partial charge in [0.25, 0.3) is 5.91 Å². The van der Waals surface area contributed by atoms with Crippen LogP contribution in [0.25, 0.3) is 6.08 Å². The number of hydrogen-bond donors (Lipinski definition) is 1. The van der Waals surface area contributed by atoms with Crippen LogP contribution in [0.4, 0.5) is 5.69 Å². The third kappa shape index (κ3) is 5.65. The predicted molar refractivity (Wildman–Crippen MR) is 122 cm³/mol. The Labute approximate surface area is 186 Å². The summed E-state index contributed by atoms with van der Waals surface area (Å²) in [7, 11) is 1.53. The number of aryl methyl sites for hydroxylation is 1. The zero-order valence-corrected chi connectivity index (χ0v) is 17.9. The van der Waals surface area contributed by atoms with Gasteiger partial charge in [0.15, 0.2) is 11.5 Å². The van der Waals surface area contributed by atoms with E-state index < -0.39 is 5.91 Å². The molecule has 0 unspecified atom stereocenters. The molecule has 0 aliphatic heterocycles. The van der Waals surface area contributed by atoms with E-state index in [1.54, 1.807) is 30.3 Å². The number of anilines is 1. The molecule has 0 saturated heterocycles. The average molecular weight is 433 g/mol. The van der Waals surface area contributed by atoms with Crippen molar-refractivity contribution in [3.8, 4) is 17.6 Å². The summed E-state index contributed by atoms with van der Waals surface area (Å²) in [5, 5.41) is 12.9. The van der Waals surface area contributed by atoms with Gasteiger partial charge in [-0.2, -0.15) is 5.26 Å². The van der Waals surface area contributed by atoms with Crippen LogP contribution < -0.4 is 14.8 Å². The fourth-order valence-corrected chi connectivity index (χ4v) is 3.07. The minimum Gasteiger partial charge on any atom is -0.493 e. The summed E-state index contributed by atoms with van der Waals surface area (Å²) in [4.78, 5) is 12.5. The monoisotopic (exact) mass is 432 g/mol.